The van der Waals surface area contributed by atoms with Gasteiger partial charge in [-0.3, -0.25) is 4.79 Å². The quantitative estimate of drug-likeness (QED) is 0.789. The minimum atomic E-state index is -3.94. The Morgan fingerprint density at radius 1 is 1.04 bits per heavy atom. The van der Waals surface area contributed by atoms with Crippen LogP contribution in [0.3, 0.4) is 0 Å². The Morgan fingerprint density at radius 3 is 2.09 bits per heavy atom. The van der Waals surface area contributed by atoms with Gasteiger partial charge in [-0.2, -0.15) is 0 Å². The summed E-state index contributed by atoms with van der Waals surface area (Å²) in [4.78, 5) is 11.3. The number of hydrogen-bond acceptors (Lipinski definition) is 6. The minimum absolute atomic E-state index is 0.0148. The van der Waals surface area contributed by atoms with Gasteiger partial charge in [0.2, 0.25) is 25.8 Å². The highest BCUT2D eigenvalue weighted by Gasteiger charge is 2.22. The van der Waals surface area contributed by atoms with E-state index in [4.69, 9.17) is 5.14 Å². The Morgan fingerprint density at radius 2 is 1.61 bits per heavy atom. The highest BCUT2D eigenvalue weighted by molar-refractivity contribution is 7.95. The van der Waals surface area contributed by atoms with Crippen LogP contribution >= 0.6 is 11.3 Å². The van der Waals surface area contributed by atoms with Gasteiger partial charge in [-0.15, -0.1) is 11.3 Å². The number of amides is 1. The maximum absolute atomic E-state index is 12.5. The fourth-order valence-corrected chi connectivity index (χ4v) is 5.37. The number of sulfone groups is 1. The third-order valence-electron chi connectivity index (χ3n) is 2.98. The molecule has 1 aromatic heterocycles. The summed E-state index contributed by atoms with van der Waals surface area (Å²) in [6.07, 6.45) is 0.144. The lowest BCUT2D eigenvalue weighted by molar-refractivity contribution is -0.119. The number of carbonyl (C=O) groups is 1. The van der Waals surface area contributed by atoms with Gasteiger partial charge in [0.25, 0.3) is 0 Å². The summed E-state index contributed by atoms with van der Waals surface area (Å²) in [6.45, 7) is 0. The van der Waals surface area contributed by atoms with Crippen molar-refractivity contribution in [3.05, 3.63) is 42.0 Å². The molecule has 0 spiro atoms. The molecule has 2 rings (SSSR count). The van der Waals surface area contributed by atoms with Gasteiger partial charge in [0.1, 0.15) is 8.42 Å². The second-order valence-corrected chi connectivity index (χ2v) is 9.66. The van der Waals surface area contributed by atoms with E-state index in [1.54, 1.807) is 0 Å². The van der Waals surface area contributed by atoms with Crippen molar-refractivity contribution in [2.24, 2.45) is 5.14 Å². The summed E-state index contributed by atoms with van der Waals surface area (Å²) in [5.41, 5.74) is 0.666. The van der Waals surface area contributed by atoms with Crippen molar-refractivity contribution in [3.8, 4) is 0 Å². The van der Waals surface area contributed by atoms with Crippen LogP contribution in [-0.2, 0) is 31.1 Å². The average Bonchev–Trinajstić information content (AvgIpc) is 2.98. The van der Waals surface area contributed by atoms with Crippen molar-refractivity contribution >= 4 is 37.1 Å². The third-order valence-corrected chi connectivity index (χ3v) is 7.76. The normalized spacial score (nSPS) is 12.1. The van der Waals surface area contributed by atoms with E-state index in [-0.39, 0.29) is 25.6 Å². The Hall–Kier alpha value is -1.75. The second kappa shape index (κ2) is 6.40. The first-order chi connectivity index (χ1) is 10.6. The van der Waals surface area contributed by atoms with Crippen LogP contribution in [0.5, 0.6) is 0 Å². The zero-order valence-electron chi connectivity index (χ0n) is 12.0. The number of carbonyl (C=O) groups excluding carboxylic acids is 1. The van der Waals surface area contributed by atoms with Crippen molar-refractivity contribution in [3.63, 3.8) is 0 Å². The number of likely N-dealkylation sites (N-methyl/N-ethyl adjacent to an activating group) is 1. The first-order valence-corrected chi connectivity index (χ1v) is 10.2. The van der Waals surface area contributed by atoms with E-state index in [0.29, 0.717) is 16.9 Å². The molecule has 0 aliphatic heterocycles. The van der Waals surface area contributed by atoms with Gasteiger partial charge in [0.05, 0.1) is 11.3 Å². The highest BCUT2D eigenvalue weighted by atomic mass is 32.3. The Balaban J connectivity index is 2.33. The number of nitrogens with one attached hydrogen (secondary N) is 1. The Kier molecular flexibility index (Phi) is 4.90. The van der Waals surface area contributed by atoms with Crippen molar-refractivity contribution in [1.29, 1.82) is 0 Å². The third kappa shape index (κ3) is 3.96. The summed E-state index contributed by atoms with van der Waals surface area (Å²) in [6, 6.07) is 8.20. The fraction of sp³-hybridized carbons (Fsp3) is 0.154. The van der Waals surface area contributed by atoms with Gasteiger partial charge in [0.15, 0.2) is 0 Å². The predicted molar refractivity (Wildman–Crippen MR) is 85.4 cm³/mol. The molecule has 0 aliphatic rings. The molecule has 7 nitrogen and oxygen atoms in total. The summed E-state index contributed by atoms with van der Waals surface area (Å²) < 4.78 is 47.1. The fourth-order valence-electron chi connectivity index (χ4n) is 1.78. The SMILES string of the molecule is CNC(=O)Cc1ccc(S(=O)(=O)c2ccc(S(N)(=O)=O)s2)cc1. The number of benzene rings is 1. The van der Waals surface area contributed by atoms with Gasteiger partial charge in [-0.05, 0) is 29.8 Å². The summed E-state index contributed by atoms with van der Waals surface area (Å²) in [5, 5.41) is 7.46. The van der Waals surface area contributed by atoms with Gasteiger partial charge >= 0.3 is 0 Å². The van der Waals surface area contributed by atoms with Crippen LogP contribution in [0.25, 0.3) is 0 Å². The lowest BCUT2D eigenvalue weighted by atomic mass is 10.1. The van der Waals surface area contributed by atoms with Crippen LogP contribution in [0.15, 0.2) is 49.7 Å². The van der Waals surface area contributed by atoms with Crippen LogP contribution in [-0.4, -0.2) is 29.8 Å². The van der Waals surface area contributed by atoms with Crippen molar-refractivity contribution < 1.29 is 21.6 Å². The van der Waals surface area contributed by atoms with Crippen LogP contribution in [0.4, 0.5) is 0 Å². The molecule has 1 amide bonds. The summed E-state index contributed by atoms with van der Waals surface area (Å²) >= 11 is 0.595. The number of sulfonamides is 1. The number of nitrogens with two attached hydrogens (primary N) is 1. The number of hydrogen-bond donors (Lipinski definition) is 2. The molecule has 0 saturated heterocycles. The van der Waals surface area contributed by atoms with E-state index in [9.17, 15) is 21.6 Å². The molecule has 23 heavy (non-hydrogen) atoms. The lowest BCUT2D eigenvalue weighted by Gasteiger charge is -2.04. The molecule has 0 radical (unpaired) electrons. The monoisotopic (exact) mass is 374 g/mol. The standard InChI is InChI=1S/C13H14N2O5S3/c1-15-11(16)8-9-2-4-10(5-3-9)22(17,18)12-6-7-13(21-12)23(14,19)20/h2-7H,8H2,1H3,(H,15,16)(H2,14,19,20). The molecule has 0 atom stereocenters. The molecule has 0 bridgehead atoms. The zero-order valence-corrected chi connectivity index (χ0v) is 14.5. The smallest absolute Gasteiger partial charge is 0.247 e. The molecule has 10 heteroatoms. The molecule has 2 aromatic rings. The Labute approximate surface area is 138 Å². The zero-order chi connectivity index (χ0) is 17.3. The highest BCUT2D eigenvalue weighted by Crippen LogP contribution is 2.29. The van der Waals surface area contributed by atoms with Crippen LogP contribution in [0.1, 0.15) is 5.56 Å². The first kappa shape index (κ1) is 17.6. The number of thiophene rings is 1. The van der Waals surface area contributed by atoms with Crippen LogP contribution < -0.4 is 10.5 Å². The van der Waals surface area contributed by atoms with E-state index in [2.05, 4.69) is 5.32 Å². The van der Waals surface area contributed by atoms with E-state index in [1.165, 1.54) is 37.4 Å². The molecule has 0 unspecified atom stereocenters. The van der Waals surface area contributed by atoms with Gasteiger partial charge < -0.3 is 5.32 Å². The van der Waals surface area contributed by atoms with Crippen LogP contribution in [0, 0.1) is 0 Å². The van der Waals surface area contributed by atoms with Gasteiger partial charge in [-0.25, -0.2) is 22.0 Å². The molecule has 1 heterocycles. The lowest BCUT2D eigenvalue weighted by Crippen LogP contribution is -2.19. The summed E-state index contributed by atoms with van der Waals surface area (Å²) in [7, 11) is -6.25. The van der Waals surface area contributed by atoms with E-state index >= 15 is 0 Å². The predicted octanol–water partition coefficient (Wildman–Crippen LogP) is 0.517. The van der Waals surface area contributed by atoms with E-state index in [0.717, 1.165) is 6.07 Å². The van der Waals surface area contributed by atoms with E-state index in [1.807, 2.05) is 0 Å². The molecule has 0 aliphatic carbocycles. The number of primary sulfonamides is 1. The molecular formula is C13H14N2O5S3. The van der Waals surface area contributed by atoms with Crippen molar-refractivity contribution in [2.75, 3.05) is 7.05 Å². The van der Waals surface area contributed by atoms with Crippen molar-refractivity contribution in [2.45, 2.75) is 19.7 Å². The van der Waals surface area contributed by atoms with Gasteiger partial charge in [-0.1, -0.05) is 12.1 Å². The molecule has 0 saturated carbocycles. The summed E-state index contributed by atoms with van der Waals surface area (Å²) in [5.74, 6) is -0.184. The van der Waals surface area contributed by atoms with Gasteiger partial charge in [0, 0.05) is 7.05 Å². The minimum Gasteiger partial charge on any atom is -0.359 e. The molecule has 1 aromatic carbocycles. The maximum Gasteiger partial charge on any atom is 0.247 e. The Bertz CT molecular complexity index is 928. The second-order valence-electron chi connectivity index (χ2n) is 4.62. The van der Waals surface area contributed by atoms with Crippen LogP contribution in [0.2, 0.25) is 0 Å². The maximum atomic E-state index is 12.5. The van der Waals surface area contributed by atoms with Crippen molar-refractivity contribution in [1.82, 2.24) is 5.32 Å². The molecule has 124 valence electrons. The first-order valence-electron chi connectivity index (χ1n) is 6.32. The topological polar surface area (TPSA) is 123 Å². The molecule has 0 fully saturated rings. The largest absolute Gasteiger partial charge is 0.359 e. The molecule has 3 N–H and O–H groups in total. The van der Waals surface area contributed by atoms with E-state index < -0.39 is 19.9 Å². The number of rotatable bonds is 5. The molecular weight excluding hydrogens is 360 g/mol. The average molecular weight is 374 g/mol.